The van der Waals surface area contributed by atoms with Crippen LogP contribution in [0.4, 0.5) is 10.5 Å². The van der Waals surface area contributed by atoms with E-state index in [9.17, 15) is 4.79 Å². The standard InChI is InChI=1S/C11H14N2O2/c14-11(15)13-7-6-10(8-13)12-9-4-2-1-3-5-9/h1-5,10,12H,6-8H2,(H,14,15). The molecule has 1 amide bonds. The molecule has 1 aliphatic heterocycles. The molecule has 1 saturated heterocycles. The van der Waals surface area contributed by atoms with E-state index in [0.717, 1.165) is 12.1 Å². The molecule has 0 aromatic heterocycles. The van der Waals surface area contributed by atoms with Crippen molar-refractivity contribution in [3.8, 4) is 0 Å². The minimum atomic E-state index is -0.827. The van der Waals surface area contributed by atoms with Crippen molar-refractivity contribution in [2.75, 3.05) is 18.4 Å². The lowest BCUT2D eigenvalue weighted by molar-refractivity contribution is 0.155. The highest BCUT2D eigenvalue weighted by atomic mass is 16.4. The maximum Gasteiger partial charge on any atom is 0.407 e. The van der Waals surface area contributed by atoms with Gasteiger partial charge in [0.25, 0.3) is 0 Å². The molecule has 1 heterocycles. The molecular formula is C11H14N2O2. The van der Waals surface area contributed by atoms with Crippen molar-refractivity contribution in [2.45, 2.75) is 12.5 Å². The number of hydrogen-bond acceptors (Lipinski definition) is 2. The second-order valence-electron chi connectivity index (χ2n) is 3.72. The number of carboxylic acid groups (broad SMARTS) is 1. The van der Waals surface area contributed by atoms with Gasteiger partial charge >= 0.3 is 6.09 Å². The Labute approximate surface area is 88.5 Å². The first-order valence-corrected chi connectivity index (χ1v) is 5.05. The van der Waals surface area contributed by atoms with E-state index in [4.69, 9.17) is 5.11 Å². The van der Waals surface area contributed by atoms with Crippen molar-refractivity contribution in [1.82, 2.24) is 4.90 Å². The van der Waals surface area contributed by atoms with Gasteiger partial charge < -0.3 is 15.3 Å². The van der Waals surface area contributed by atoms with Crippen LogP contribution in [0.15, 0.2) is 30.3 Å². The van der Waals surface area contributed by atoms with Gasteiger partial charge in [-0.2, -0.15) is 0 Å². The molecule has 1 unspecified atom stereocenters. The Morgan fingerprint density at radius 3 is 2.73 bits per heavy atom. The molecule has 4 heteroatoms. The molecule has 2 rings (SSSR count). The van der Waals surface area contributed by atoms with Gasteiger partial charge in [0.1, 0.15) is 0 Å². The van der Waals surface area contributed by atoms with E-state index in [-0.39, 0.29) is 6.04 Å². The van der Waals surface area contributed by atoms with Gasteiger partial charge in [0.05, 0.1) is 0 Å². The molecule has 1 atom stereocenters. The van der Waals surface area contributed by atoms with E-state index in [1.807, 2.05) is 30.3 Å². The number of rotatable bonds is 2. The predicted octanol–water partition coefficient (Wildman–Crippen LogP) is 1.85. The van der Waals surface area contributed by atoms with Crippen LogP contribution >= 0.6 is 0 Å². The van der Waals surface area contributed by atoms with Crippen molar-refractivity contribution in [3.05, 3.63) is 30.3 Å². The molecule has 0 saturated carbocycles. The summed E-state index contributed by atoms with van der Waals surface area (Å²) in [5, 5.41) is 12.1. The number of hydrogen-bond donors (Lipinski definition) is 2. The Balaban J connectivity index is 1.90. The smallest absolute Gasteiger partial charge is 0.407 e. The third-order valence-corrected chi connectivity index (χ3v) is 2.60. The number of amides is 1. The molecule has 80 valence electrons. The maximum atomic E-state index is 10.7. The number of nitrogens with one attached hydrogen (secondary N) is 1. The first-order valence-electron chi connectivity index (χ1n) is 5.05. The molecule has 4 nitrogen and oxygen atoms in total. The fraction of sp³-hybridized carbons (Fsp3) is 0.364. The number of benzene rings is 1. The van der Waals surface area contributed by atoms with Crippen LogP contribution in [-0.4, -0.2) is 35.2 Å². The lowest BCUT2D eigenvalue weighted by Gasteiger charge is -2.14. The normalized spacial score (nSPS) is 20.3. The molecule has 1 fully saturated rings. The average molecular weight is 206 g/mol. The van der Waals surface area contributed by atoms with Crippen LogP contribution in [-0.2, 0) is 0 Å². The van der Waals surface area contributed by atoms with Gasteiger partial charge in [0, 0.05) is 24.8 Å². The minimum Gasteiger partial charge on any atom is -0.465 e. The van der Waals surface area contributed by atoms with E-state index < -0.39 is 6.09 Å². The predicted molar refractivity (Wildman–Crippen MR) is 58.1 cm³/mol. The Morgan fingerprint density at radius 2 is 2.13 bits per heavy atom. The van der Waals surface area contributed by atoms with E-state index in [1.54, 1.807) is 0 Å². The van der Waals surface area contributed by atoms with Gasteiger partial charge in [0.15, 0.2) is 0 Å². The zero-order chi connectivity index (χ0) is 10.7. The summed E-state index contributed by atoms with van der Waals surface area (Å²) in [6.07, 6.45) is 0.0497. The molecule has 0 spiro atoms. The fourth-order valence-electron chi connectivity index (χ4n) is 1.82. The number of nitrogens with zero attached hydrogens (tertiary/aromatic N) is 1. The third kappa shape index (κ3) is 2.40. The monoisotopic (exact) mass is 206 g/mol. The molecule has 0 radical (unpaired) electrons. The summed E-state index contributed by atoms with van der Waals surface area (Å²) in [7, 11) is 0. The summed E-state index contributed by atoms with van der Waals surface area (Å²) < 4.78 is 0. The first-order chi connectivity index (χ1) is 7.25. The first kappa shape index (κ1) is 9.83. The van der Waals surface area contributed by atoms with Crippen LogP contribution < -0.4 is 5.32 Å². The van der Waals surface area contributed by atoms with Crippen LogP contribution in [0.25, 0.3) is 0 Å². The quantitative estimate of drug-likeness (QED) is 0.776. The molecule has 1 aromatic rings. The molecule has 0 bridgehead atoms. The van der Waals surface area contributed by atoms with Gasteiger partial charge in [-0.1, -0.05) is 18.2 Å². The van der Waals surface area contributed by atoms with Gasteiger partial charge in [-0.15, -0.1) is 0 Å². The summed E-state index contributed by atoms with van der Waals surface area (Å²) >= 11 is 0. The zero-order valence-electron chi connectivity index (χ0n) is 8.39. The number of anilines is 1. The Morgan fingerprint density at radius 1 is 1.40 bits per heavy atom. The average Bonchev–Trinajstić information content (AvgIpc) is 2.68. The minimum absolute atomic E-state index is 0.239. The summed E-state index contributed by atoms with van der Waals surface area (Å²) in [4.78, 5) is 12.1. The third-order valence-electron chi connectivity index (χ3n) is 2.60. The van der Waals surface area contributed by atoms with Gasteiger partial charge in [-0.3, -0.25) is 0 Å². The van der Waals surface area contributed by atoms with Crippen LogP contribution in [0.2, 0.25) is 0 Å². The maximum absolute atomic E-state index is 10.7. The molecule has 1 aromatic carbocycles. The van der Waals surface area contributed by atoms with Crippen LogP contribution in [0, 0.1) is 0 Å². The molecule has 15 heavy (non-hydrogen) atoms. The SMILES string of the molecule is O=C(O)N1CCC(Nc2ccccc2)C1. The molecular weight excluding hydrogens is 192 g/mol. The van der Waals surface area contributed by atoms with E-state index in [1.165, 1.54) is 4.90 Å². The second kappa shape index (κ2) is 4.21. The van der Waals surface area contributed by atoms with Crippen LogP contribution in [0.5, 0.6) is 0 Å². The summed E-state index contributed by atoms with van der Waals surface area (Å²) in [5.74, 6) is 0. The highest BCUT2D eigenvalue weighted by molar-refractivity contribution is 5.65. The van der Waals surface area contributed by atoms with Crippen LogP contribution in [0.3, 0.4) is 0 Å². The number of likely N-dealkylation sites (tertiary alicyclic amines) is 1. The highest BCUT2D eigenvalue weighted by Gasteiger charge is 2.25. The second-order valence-corrected chi connectivity index (χ2v) is 3.72. The van der Waals surface area contributed by atoms with Gasteiger partial charge in [-0.25, -0.2) is 4.79 Å². The fourth-order valence-corrected chi connectivity index (χ4v) is 1.82. The molecule has 2 N–H and O–H groups in total. The van der Waals surface area contributed by atoms with Crippen molar-refractivity contribution in [3.63, 3.8) is 0 Å². The molecule has 1 aliphatic rings. The topological polar surface area (TPSA) is 52.6 Å². The number of para-hydroxylation sites is 1. The lowest BCUT2D eigenvalue weighted by atomic mass is 10.2. The van der Waals surface area contributed by atoms with Crippen LogP contribution in [0.1, 0.15) is 6.42 Å². The summed E-state index contributed by atoms with van der Waals surface area (Å²) in [5.41, 5.74) is 1.05. The Kier molecular flexibility index (Phi) is 2.76. The Bertz CT molecular complexity index is 340. The lowest BCUT2D eigenvalue weighted by Crippen LogP contribution is -2.30. The van der Waals surface area contributed by atoms with Gasteiger partial charge in [0.2, 0.25) is 0 Å². The van der Waals surface area contributed by atoms with E-state index in [2.05, 4.69) is 5.32 Å². The summed E-state index contributed by atoms with van der Waals surface area (Å²) in [6, 6.07) is 10.1. The van der Waals surface area contributed by atoms with Gasteiger partial charge in [-0.05, 0) is 18.6 Å². The summed E-state index contributed by atoms with van der Waals surface area (Å²) in [6.45, 7) is 1.20. The van der Waals surface area contributed by atoms with E-state index in [0.29, 0.717) is 13.1 Å². The van der Waals surface area contributed by atoms with Crippen molar-refractivity contribution >= 4 is 11.8 Å². The zero-order valence-corrected chi connectivity index (χ0v) is 8.39. The van der Waals surface area contributed by atoms with Crippen molar-refractivity contribution < 1.29 is 9.90 Å². The van der Waals surface area contributed by atoms with E-state index >= 15 is 0 Å². The highest BCUT2D eigenvalue weighted by Crippen LogP contribution is 2.15. The largest absolute Gasteiger partial charge is 0.465 e. The Hall–Kier alpha value is -1.71. The van der Waals surface area contributed by atoms with Crippen molar-refractivity contribution in [2.24, 2.45) is 0 Å². The van der Waals surface area contributed by atoms with Crippen molar-refractivity contribution in [1.29, 1.82) is 0 Å². The number of carbonyl (C=O) groups is 1. The molecule has 0 aliphatic carbocycles.